The average Bonchev–Trinajstić information content (AvgIpc) is 2.69. The summed E-state index contributed by atoms with van der Waals surface area (Å²) in [6.45, 7) is 5.30. The summed E-state index contributed by atoms with van der Waals surface area (Å²) in [7, 11) is 0. The van der Waals surface area contributed by atoms with Gasteiger partial charge in [-0.1, -0.05) is 24.3 Å². The molecule has 0 saturated carbocycles. The molecule has 2 amide bonds. The van der Waals surface area contributed by atoms with Gasteiger partial charge in [0.2, 0.25) is 0 Å². The van der Waals surface area contributed by atoms with Crippen LogP contribution in [0.5, 0.6) is 11.5 Å². The van der Waals surface area contributed by atoms with E-state index in [0.717, 1.165) is 0 Å². The molecule has 29 heavy (non-hydrogen) atoms. The van der Waals surface area contributed by atoms with Crippen LogP contribution in [0.4, 0.5) is 4.79 Å². The van der Waals surface area contributed by atoms with Crippen molar-refractivity contribution in [1.29, 1.82) is 0 Å². The van der Waals surface area contributed by atoms with E-state index in [1.165, 1.54) is 6.92 Å². The van der Waals surface area contributed by atoms with E-state index >= 15 is 0 Å². The minimum Gasteiger partial charge on any atom is -0.490 e. The summed E-state index contributed by atoms with van der Waals surface area (Å²) in [5, 5.41) is 5.37. The predicted octanol–water partition coefficient (Wildman–Crippen LogP) is 3.52. The maximum absolute atomic E-state index is 12.4. The van der Waals surface area contributed by atoms with Gasteiger partial charge in [-0.05, 0) is 50.6 Å². The lowest BCUT2D eigenvalue weighted by Crippen LogP contribution is -2.44. The van der Waals surface area contributed by atoms with Gasteiger partial charge in [-0.3, -0.25) is 4.79 Å². The number of hydrogen-bond donors (Lipinski definition) is 2. The summed E-state index contributed by atoms with van der Waals surface area (Å²) in [4.78, 5) is 36.5. The van der Waals surface area contributed by atoms with Gasteiger partial charge in [-0.15, -0.1) is 0 Å². The van der Waals surface area contributed by atoms with Gasteiger partial charge in [0.15, 0.2) is 17.3 Å². The second kappa shape index (κ2) is 8.60. The first-order valence-electron chi connectivity index (χ1n) is 9.24. The molecular formula is C22H22N2O5. The SMILES string of the molecule is CCOc1cc([C@H]2NC(=O)NC(C)=C2C(C)=O)ccc1OC(=O)c1ccccc1. The van der Waals surface area contributed by atoms with Gasteiger partial charge in [-0.2, -0.15) is 0 Å². The number of Topliss-reactive ketones (excluding diaryl/α,β-unsaturated/α-hetero) is 1. The molecule has 2 aromatic rings. The van der Waals surface area contributed by atoms with Crippen molar-refractivity contribution in [1.82, 2.24) is 10.6 Å². The number of urea groups is 1. The third kappa shape index (κ3) is 4.45. The van der Waals surface area contributed by atoms with Crippen LogP contribution in [0.2, 0.25) is 0 Å². The Hall–Kier alpha value is -3.61. The first-order chi connectivity index (χ1) is 13.9. The van der Waals surface area contributed by atoms with Crippen LogP contribution in [0, 0.1) is 0 Å². The minimum atomic E-state index is -0.626. The van der Waals surface area contributed by atoms with Gasteiger partial charge >= 0.3 is 12.0 Å². The Kier molecular flexibility index (Phi) is 5.97. The minimum absolute atomic E-state index is 0.155. The Morgan fingerprint density at radius 2 is 1.79 bits per heavy atom. The van der Waals surface area contributed by atoms with E-state index in [0.29, 0.717) is 34.8 Å². The Balaban J connectivity index is 1.95. The number of carbonyl (C=O) groups excluding carboxylic acids is 3. The van der Waals surface area contributed by atoms with Crippen molar-refractivity contribution < 1.29 is 23.9 Å². The van der Waals surface area contributed by atoms with Crippen molar-refractivity contribution in [2.75, 3.05) is 6.61 Å². The van der Waals surface area contributed by atoms with Crippen LogP contribution in [0.1, 0.15) is 42.7 Å². The smallest absolute Gasteiger partial charge is 0.343 e. The fraction of sp³-hybridized carbons (Fsp3) is 0.227. The fourth-order valence-electron chi connectivity index (χ4n) is 3.20. The second-order valence-corrected chi connectivity index (χ2v) is 6.52. The third-order valence-corrected chi connectivity index (χ3v) is 4.46. The maximum atomic E-state index is 12.4. The number of esters is 1. The zero-order valence-electron chi connectivity index (χ0n) is 16.4. The van der Waals surface area contributed by atoms with Crippen LogP contribution in [0.15, 0.2) is 59.8 Å². The largest absolute Gasteiger partial charge is 0.490 e. The van der Waals surface area contributed by atoms with Gasteiger partial charge in [0.1, 0.15) is 0 Å². The molecule has 0 radical (unpaired) electrons. The van der Waals surface area contributed by atoms with Gasteiger partial charge in [0, 0.05) is 11.3 Å². The highest BCUT2D eigenvalue weighted by molar-refractivity contribution is 5.98. The first kappa shape index (κ1) is 20.1. The van der Waals surface area contributed by atoms with Crippen molar-refractivity contribution >= 4 is 17.8 Å². The van der Waals surface area contributed by atoms with Crippen LogP contribution in [0.3, 0.4) is 0 Å². The van der Waals surface area contributed by atoms with Crippen LogP contribution < -0.4 is 20.1 Å². The van der Waals surface area contributed by atoms with Gasteiger partial charge in [0.25, 0.3) is 0 Å². The second-order valence-electron chi connectivity index (χ2n) is 6.52. The number of hydrogen-bond acceptors (Lipinski definition) is 5. The molecule has 1 atom stereocenters. The molecule has 1 aliphatic rings. The molecule has 0 saturated heterocycles. The van der Waals surface area contributed by atoms with Gasteiger partial charge in [0.05, 0.1) is 18.2 Å². The van der Waals surface area contributed by atoms with Crippen LogP contribution in [0.25, 0.3) is 0 Å². The summed E-state index contributed by atoms with van der Waals surface area (Å²) in [5.74, 6) is -0.0513. The van der Waals surface area contributed by atoms with Crippen LogP contribution >= 0.6 is 0 Å². The number of ketones is 1. The summed E-state index contributed by atoms with van der Waals surface area (Å²) in [6, 6.07) is 12.6. The molecule has 0 aliphatic carbocycles. The molecule has 150 valence electrons. The number of rotatable bonds is 6. The molecule has 1 aliphatic heterocycles. The molecule has 2 N–H and O–H groups in total. The number of ether oxygens (including phenoxy) is 2. The normalized spacial score (nSPS) is 16.0. The van der Waals surface area contributed by atoms with E-state index in [9.17, 15) is 14.4 Å². The molecule has 0 aromatic heterocycles. The van der Waals surface area contributed by atoms with Crippen molar-refractivity contribution in [3.05, 3.63) is 70.9 Å². The molecule has 0 bridgehead atoms. The first-order valence-corrected chi connectivity index (χ1v) is 9.24. The molecular weight excluding hydrogens is 372 g/mol. The molecule has 7 heteroatoms. The van der Waals surface area contributed by atoms with Crippen molar-refractivity contribution in [2.24, 2.45) is 0 Å². The van der Waals surface area contributed by atoms with Crippen LogP contribution in [-0.4, -0.2) is 24.4 Å². The van der Waals surface area contributed by atoms with E-state index in [2.05, 4.69) is 10.6 Å². The molecule has 0 spiro atoms. The fourth-order valence-corrected chi connectivity index (χ4v) is 3.20. The molecule has 3 rings (SSSR count). The Morgan fingerprint density at radius 3 is 2.45 bits per heavy atom. The van der Waals surface area contributed by atoms with Crippen molar-refractivity contribution in [3.63, 3.8) is 0 Å². The van der Waals surface area contributed by atoms with E-state index in [1.54, 1.807) is 49.4 Å². The molecule has 7 nitrogen and oxygen atoms in total. The van der Waals surface area contributed by atoms with E-state index < -0.39 is 18.0 Å². The van der Waals surface area contributed by atoms with Gasteiger partial charge < -0.3 is 20.1 Å². The molecule has 0 fully saturated rings. The summed E-state index contributed by atoms with van der Waals surface area (Å²) >= 11 is 0. The highest BCUT2D eigenvalue weighted by atomic mass is 16.6. The summed E-state index contributed by atoms with van der Waals surface area (Å²) in [5.41, 5.74) is 2.03. The van der Waals surface area contributed by atoms with Crippen LogP contribution in [-0.2, 0) is 4.79 Å². The zero-order chi connectivity index (χ0) is 21.0. The average molecular weight is 394 g/mol. The van der Waals surface area contributed by atoms with E-state index in [-0.39, 0.29) is 11.5 Å². The summed E-state index contributed by atoms with van der Waals surface area (Å²) in [6.07, 6.45) is 0. The molecule has 1 heterocycles. The topological polar surface area (TPSA) is 93.7 Å². The Morgan fingerprint density at radius 1 is 1.07 bits per heavy atom. The lowest BCUT2D eigenvalue weighted by atomic mass is 9.93. The Bertz CT molecular complexity index is 982. The van der Waals surface area contributed by atoms with Gasteiger partial charge in [-0.25, -0.2) is 9.59 Å². The lowest BCUT2D eigenvalue weighted by Gasteiger charge is -2.28. The monoisotopic (exact) mass is 394 g/mol. The van der Waals surface area contributed by atoms with E-state index in [4.69, 9.17) is 9.47 Å². The number of amides is 2. The highest BCUT2D eigenvalue weighted by Crippen LogP contribution is 2.35. The highest BCUT2D eigenvalue weighted by Gasteiger charge is 2.30. The predicted molar refractivity (Wildman–Crippen MR) is 107 cm³/mol. The lowest BCUT2D eigenvalue weighted by molar-refractivity contribution is -0.114. The number of carbonyl (C=O) groups is 3. The van der Waals surface area contributed by atoms with Crippen molar-refractivity contribution in [3.8, 4) is 11.5 Å². The maximum Gasteiger partial charge on any atom is 0.343 e. The zero-order valence-corrected chi connectivity index (χ0v) is 16.4. The standard InChI is InChI=1S/C22H22N2O5/c1-4-28-18-12-16(20-19(14(3)25)13(2)23-22(27)24-20)10-11-17(18)29-21(26)15-8-6-5-7-9-15/h5-12,20H,4H2,1-3H3,(H2,23,24,27)/t20-/m1/s1. The molecule has 2 aromatic carbocycles. The number of allylic oxidation sites excluding steroid dienone is 1. The number of benzene rings is 2. The number of nitrogens with one attached hydrogen (secondary N) is 2. The molecule has 0 unspecified atom stereocenters. The quantitative estimate of drug-likeness (QED) is 0.578. The Labute approximate surface area is 168 Å². The van der Waals surface area contributed by atoms with E-state index in [1.807, 2.05) is 13.0 Å². The third-order valence-electron chi connectivity index (χ3n) is 4.46. The summed E-state index contributed by atoms with van der Waals surface area (Å²) < 4.78 is 11.1. The van der Waals surface area contributed by atoms with Crippen molar-refractivity contribution in [2.45, 2.75) is 26.8 Å².